The molecule has 0 N–H and O–H groups in total. The van der Waals surface area contributed by atoms with Gasteiger partial charge >= 0.3 is 5.97 Å². The van der Waals surface area contributed by atoms with Crippen molar-refractivity contribution in [1.29, 1.82) is 0 Å². The third-order valence-electron chi connectivity index (χ3n) is 5.26. The monoisotopic (exact) mass is 451 g/mol. The second-order valence-electron chi connectivity index (χ2n) is 7.74. The van der Waals surface area contributed by atoms with E-state index in [1.54, 1.807) is 35.4 Å². The van der Waals surface area contributed by atoms with E-state index in [2.05, 4.69) is 10.1 Å². The number of aromatic nitrogens is 3. The highest BCUT2D eigenvalue weighted by Crippen LogP contribution is 2.31. The maximum atomic E-state index is 13.5. The molecule has 1 atom stereocenters. The summed E-state index contributed by atoms with van der Waals surface area (Å²) in [5, 5.41) is 4.16. The molecule has 3 heterocycles. The molecule has 1 aliphatic heterocycles. The predicted octanol–water partition coefficient (Wildman–Crippen LogP) is 1.60. The van der Waals surface area contributed by atoms with Gasteiger partial charge in [-0.25, -0.2) is 9.79 Å². The molecule has 1 aromatic carbocycles. The van der Waals surface area contributed by atoms with Crippen LogP contribution >= 0.6 is 11.3 Å². The molecule has 0 saturated carbocycles. The first-order chi connectivity index (χ1) is 15.3. The minimum Gasteiger partial charge on any atom is -0.463 e. The number of rotatable bonds is 5. The topological polar surface area (TPSA) is 81.7 Å². The van der Waals surface area contributed by atoms with E-state index in [1.165, 1.54) is 11.3 Å². The van der Waals surface area contributed by atoms with Crippen molar-refractivity contribution in [3.8, 4) is 0 Å². The van der Waals surface area contributed by atoms with Gasteiger partial charge in [-0.3, -0.25) is 14.0 Å². The van der Waals surface area contributed by atoms with Crippen molar-refractivity contribution in [2.45, 2.75) is 19.9 Å². The molecule has 2 aromatic heterocycles. The Morgan fingerprint density at radius 1 is 1.28 bits per heavy atom. The number of anilines is 1. The van der Waals surface area contributed by atoms with E-state index in [0.29, 0.717) is 20.6 Å². The van der Waals surface area contributed by atoms with Crippen molar-refractivity contribution in [2.75, 3.05) is 25.6 Å². The summed E-state index contributed by atoms with van der Waals surface area (Å²) in [5.41, 5.74) is 3.40. The Morgan fingerprint density at radius 3 is 2.59 bits per heavy atom. The summed E-state index contributed by atoms with van der Waals surface area (Å²) < 4.78 is 9.14. The molecule has 1 aliphatic rings. The zero-order valence-electron chi connectivity index (χ0n) is 18.7. The second kappa shape index (κ2) is 8.58. The number of benzene rings is 1. The lowest BCUT2D eigenvalue weighted by Gasteiger charge is -2.25. The van der Waals surface area contributed by atoms with Crippen LogP contribution in [0.15, 0.2) is 57.7 Å². The molecule has 0 fully saturated rings. The molecule has 8 nitrogen and oxygen atoms in total. The molecule has 0 saturated heterocycles. The quantitative estimate of drug-likeness (QED) is 0.551. The fourth-order valence-corrected chi connectivity index (χ4v) is 4.77. The van der Waals surface area contributed by atoms with Crippen LogP contribution in [-0.2, 0) is 16.6 Å². The fourth-order valence-electron chi connectivity index (χ4n) is 3.73. The number of allylic oxidation sites excluding steroid dienone is 1. The van der Waals surface area contributed by atoms with E-state index in [0.717, 1.165) is 16.8 Å². The van der Waals surface area contributed by atoms with E-state index >= 15 is 0 Å². The Kier molecular flexibility index (Phi) is 5.84. The Labute approximate surface area is 189 Å². The van der Waals surface area contributed by atoms with Gasteiger partial charge in [-0.2, -0.15) is 5.10 Å². The van der Waals surface area contributed by atoms with Crippen LogP contribution in [0, 0.1) is 0 Å². The lowest BCUT2D eigenvalue weighted by Crippen LogP contribution is -2.39. The van der Waals surface area contributed by atoms with Crippen LogP contribution in [0.5, 0.6) is 0 Å². The van der Waals surface area contributed by atoms with Gasteiger partial charge in [-0.15, -0.1) is 0 Å². The molecule has 0 amide bonds. The van der Waals surface area contributed by atoms with Crippen molar-refractivity contribution in [3.63, 3.8) is 0 Å². The van der Waals surface area contributed by atoms with Gasteiger partial charge in [-0.1, -0.05) is 23.5 Å². The lowest BCUT2D eigenvalue weighted by atomic mass is 9.95. The molecule has 9 heteroatoms. The van der Waals surface area contributed by atoms with Gasteiger partial charge in [0.1, 0.15) is 0 Å². The zero-order valence-corrected chi connectivity index (χ0v) is 19.5. The van der Waals surface area contributed by atoms with Crippen LogP contribution in [0.2, 0.25) is 0 Å². The largest absolute Gasteiger partial charge is 0.463 e. The first-order valence-corrected chi connectivity index (χ1v) is 11.1. The number of nitrogens with zero attached hydrogens (tertiary/aromatic N) is 5. The van der Waals surface area contributed by atoms with Crippen LogP contribution in [-0.4, -0.2) is 41.0 Å². The van der Waals surface area contributed by atoms with Gasteiger partial charge < -0.3 is 9.64 Å². The summed E-state index contributed by atoms with van der Waals surface area (Å²) in [7, 11) is 5.75. The minimum atomic E-state index is -0.613. The number of aryl methyl sites for hydroxylation is 1. The third-order valence-corrected chi connectivity index (χ3v) is 6.25. The van der Waals surface area contributed by atoms with Gasteiger partial charge in [0.15, 0.2) is 4.80 Å². The highest BCUT2D eigenvalue weighted by molar-refractivity contribution is 7.07. The molecule has 0 aliphatic carbocycles. The standard InChI is InChI=1S/C23H25N5O3S/c1-6-31-22(30)19-14(2)25-23-28(20(19)16-7-9-17(10-8-16)26(3)4)21(29)18(32-23)11-15-12-24-27(5)13-15/h7-13,20H,6H2,1-5H3. The van der Waals surface area contributed by atoms with Crippen molar-refractivity contribution < 1.29 is 9.53 Å². The highest BCUT2D eigenvalue weighted by atomic mass is 32.1. The molecule has 0 radical (unpaired) electrons. The summed E-state index contributed by atoms with van der Waals surface area (Å²) in [4.78, 5) is 33.5. The molecule has 4 rings (SSSR count). The van der Waals surface area contributed by atoms with E-state index in [4.69, 9.17) is 4.74 Å². The normalized spacial score (nSPS) is 16.0. The number of carbonyl (C=O) groups excluding carboxylic acids is 1. The molecular weight excluding hydrogens is 426 g/mol. The molecule has 1 unspecified atom stereocenters. The van der Waals surface area contributed by atoms with Gasteiger partial charge in [-0.05, 0) is 37.6 Å². The predicted molar refractivity (Wildman–Crippen MR) is 124 cm³/mol. The van der Waals surface area contributed by atoms with Crippen LogP contribution in [0.4, 0.5) is 5.69 Å². The van der Waals surface area contributed by atoms with Crippen molar-refractivity contribution in [1.82, 2.24) is 14.3 Å². The van der Waals surface area contributed by atoms with E-state index < -0.39 is 12.0 Å². The third kappa shape index (κ3) is 3.91. The second-order valence-corrected chi connectivity index (χ2v) is 8.74. The number of esters is 1. The summed E-state index contributed by atoms with van der Waals surface area (Å²) in [6, 6.07) is 7.21. The Balaban J connectivity index is 1.93. The molecule has 0 bridgehead atoms. The zero-order chi connectivity index (χ0) is 23.0. The molecule has 166 valence electrons. The summed E-state index contributed by atoms with van der Waals surface area (Å²) in [5.74, 6) is -0.461. The highest BCUT2D eigenvalue weighted by Gasteiger charge is 2.33. The van der Waals surface area contributed by atoms with Crippen LogP contribution in [0.1, 0.15) is 31.0 Å². The van der Waals surface area contributed by atoms with Crippen LogP contribution in [0.25, 0.3) is 6.08 Å². The number of carbonyl (C=O) groups is 1. The van der Waals surface area contributed by atoms with E-state index in [1.807, 2.05) is 56.5 Å². The van der Waals surface area contributed by atoms with Crippen LogP contribution < -0.4 is 19.8 Å². The van der Waals surface area contributed by atoms with E-state index in [9.17, 15) is 9.59 Å². The molecule has 0 spiro atoms. The molecule has 3 aromatic rings. The first-order valence-electron chi connectivity index (χ1n) is 10.3. The molecular formula is C23H25N5O3S. The number of thiazole rings is 1. The molecule has 32 heavy (non-hydrogen) atoms. The average Bonchev–Trinajstić information content (AvgIpc) is 3.30. The first kappa shape index (κ1) is 21.8. The summed E-state index contributed by atoms with van der Waals surface area (Å²) >= 11 is 1.30. The number of hydrogen-bond donors (Lipinski definition) is 0. The maximum absolute atomic E-state index is 13.5. The Morgan fingerprint density at radius 2 is 2.00 bits per heavy atom. The number of fused-ring (bicyclic) bond motifs is 1. The van der Waals surface area contributed by atoms with Crippen molar-refractivity contribution in [3.05, 3.63) is 78.7 Å². The maximum Gasteiger partial charge on any atom is 0.338 e. The average molecular weight is 452 g/mol. The van der Waals surface area contributed by atoms with Gasteiger partial charge in [0.2, 0.25) is 0 Å². The SMILES string of the molecule is CCOC(=O)C1=C(C)N=c2sc(=Cc3cnn(C)c3)c(=O)n2C1c1ccc(N(C)C)cc1. The Hall–Kier alpha value is -3.46. The van der Waals surface area contributed by atoms with Gasteiger partial charge in [0.25, 0.3) is 5.56 Å². The minimum absolute atomic E-state index is 0.200. The fraction of sp³-hybridized carbons (Fsp3) is 0.304. The summed E-state index contributed by atoms with van der Waals surface area (Å²) in [6.45, 7) is 3.79. The van der Waals surface area contributed by atoms with Gasteiger partial charge in [0.05, 0.1) is 34.6 Å². The smallest absolute Gasteiger partial charge is 0.338 e. The van der Waals surface area contributed by atoms with Gasteiger partial charge in [0, 0.05) is 38.6 Å². The number of hydrogen-bond acceptors (Lipinski definition) is 7. The number of ether oxygens (including phenoxy) is 1. The summed E-state index contributed by atoms with van der Waals surface area (Å²) in [6.07, 6.45) is 5.34. The van der Waals surface area contributed by atoms with Crippen molar-refractivity contribution in [2.24, 2.45) is 12.0 Å². The van der Waals surface area contributed by atoms with E-state index in [-0.39, 0.29) is 12.2 Å². The van der Waals surface area contributed by atoms with Crippen LogP contribution in [0.3, 0.4) is 0 Å². The van der Waals surface area contributed by atoms with Crippen molar-refractivity contribution >= 4 is 29.1 Å². The lowest BCUT2D eigenvalue weighted by molar-refractivity contribution is -0.139. The Bertz CT molecular complexity index is 1380.